The Morgan fingerprint density at radius 2 is 1.89 bits per heavy atom. The van der Waals surface area contributed by atoms with Gasteiger partial charge in [-0.05, 0) is 55.0 Å². The van der Waals surface area contributed by atoms with Crippen molar-refractivity contribution >= 4 is 5.91 Å². The van der Waals surface area contributed by atoms with Crippen LogP contribution in [0.1, 0.15) is 41.1 Å². The fraction of sp³-hybridized carbons (Fsp3) is 0.435. The van der Waals surface area contributed by atoms with Gasteiger partial charge in [-0.1, -0.05) is 48.5 Å². The van der Waals surface area contributed by atoms with Crippen molar-refractivity contribution in [3.8, 4) is 0 Å². The Bertz CT molecular complexity index is 812. The number of rotatable bonds is 4. The molecule has 1 saturated heterocycles. The van der Waals surface area contributed by atoms with Crippen LogP contribution < -0.4 is 10.6 Å². The SMILES string of the molecule is Cc1ccccc1C1(C(=O)NCC2NCCc3ccccc32)CCOCC1. The van der Waals surface area contributed by atoms with Crippen molar-refractivity contribution < 1.29 is 9.53 Å². The van der Waals surface area contributed by atoms with Gasteiger partial charge in [0.2, 0.25) is 5.91 Å². The number of carbonyl (C=O) groups excluding carboxylic acids is 1. The lowest BCUT2D eigenvalue weighted by Crippen LogP contribution is -2.50. The molecule has 2 heterocycles. The second-order valence-corrected chi connectivity index (χ2v) is 7.67. The highest BCUT2D eigenvalue weighted by Crippen LogP contribution is 2.37. The molecule has 27 heavy (non-hydrogen) atoms. The molecule has 4 heteroatoms. The molecule has 2 aromatic rings. The lowest BCUT2D eigenvalue weighted by Gasteiger charge is -2.38. The number of hydrogen-bond donors (Lipinski definition) is 2. The molecule has 0 aliphatic carbocycles. The van der Waals surface area contributed by atoms with Crippen LogP contribution in [0, 0.1) is 6.92 Å². The Morgan fingerprint density at radius 3 is 2.70 bits per heavy atom. The quantitative estimate of drug-likeness (QED) is 0.877. The largest absolute Gasteiger partial charge is 0.381 e. The number of ether oxygens (including phenoxy) is 1. The van der Waals surface area contributed by atoms with E-state index < -0.39 is 5.41 Å². The van der Waals surface area contributed by atoms with Crippen LogP contribution in [0.4, 0.5) is 0 Å². The molecular weight excluding hydrogens is 336 g/mol. The van der Waals surface area contributed by atoms with Gasteiger partial charge in [0.15, 0.2) is 0 Å². The summed E-state index contributed by atoms with van der Waals surface area (Å²) >= 11 is 0. The molecule has 4 nitrogen and oxygen atoms in total. The van der Waals surface area contributed by atoms with Crippen LogP contribution >= 0.6 is 0 Å². The van der Waals surface area contributed by atoms with E-state index in [4.69, 9.17) is 4.74 Å². The Hall–Kier alpha value is -2.17. The Morgan fingerprint density at radius 1 is 1.15 bits per heavy atom. The predicted octanol–water partition coefficient (Wildman–Crippen LogP) is 3.05. The van der Waals surface area contributed by atoms with Crippen molar-refractivity contribution in [3.63, 3.8) is 0 Å². The molecule has 1 unspecified atom stereocenters. The van der Waals surface area contributed by atoms with Gasteiger partial charge in [-0.3, -0.25) is 4.79 Å². The topological polar surface area (TPSA) is 50.4 Å². The summed E-state index contributed by atoms with van der Waals surface area (Å²) in [5, 5.41) is 6.83. The number of hydrogen-bond acceptors (Lipinski definition) is 3. The van der Waals surface area contributed by atoms with E-state index in [0.29, 0.717) is 19.8 Å². The van der Waals surface area contributed by atoms with Gasteiger partial charge in [0, 0.05) is 25.8 Å². The van der Waals surface area contributed by atoms with Crippen molar-refractivity contribution in [1.29, 1.82) is 0 Å². The maximum Gasteiger partial charge on any atom is 0.230 e. The standard InChI is InChI=1S/C23H28N2O2/c1-17-6-2-5-9-20(17)23(11-14-27-15-12-23)22(26)25-16-21-19-8-4-3-7-18(19)10-13-24-21/h2-9,21,24H,10-16H2,1H3,(H,25,26). The molecule has 0 saturated carbocycles. The van der Waals surface area contributed by atoms with Crippen LogP contribution in [0.2, 0.25) is 0 Å². The van der Waals surface area contributed by atoms with Gasteiger partial charge in [-0.25, -0.2) is 0 Å². The zero-order chi connectivity index (χ0) is 18.7. The second-order valence-electron chi connectivity index (χ2n) is 7.67. The van der Waals surface area contributed by atoms with Crippen LogP contribution in [0.3, 0.4) is 0 Å². The average molecular weight is 364 g/mol. The normalized spacial score (nSPS) is 21.3. The van der Waals surface area contributed by atoms with E-state index in [1.165, 1.54) is 16.7 Å². The number of aryl methyl sites for hydroxylation is 1. The first kappa shape index (κ1) is 18.2. The van der Waals surface area contributed by atoms with Crippen LogP contribution in [-0.2, 0) is 21.4 Å². The molecule has 0 spiro atoms. The van der Waals surface area contributed by atoms with Crippen molar-refractivity contribution in [2.24, 2.45) is 0 Å². The first-order valence-electron chi connectivity index (χ1n) is 9.94. The summed E-state index contributed by atoms with van der Waals surface area (Å²) in [7, 11) is 0. The summed E-state index contributed by atoms with van der Waals surface area (Å²) in [4.78, 5) is 13.4. The molecule has 2 aliphatic rings. The van der Waals surface area contributed by atoms with Gasteiger partial charge >= 0.3 is 0 Å². The molecule has 1 atom stereocenters. The Kier molecular flexibility index (Phi) is 5.28. The van der Waals surface area contributed by atoms with Gasteiger partial charge in [0.25, 0.3) is 0 Å². The van der Waals surface area contributed by atoms with Gasteiger partial charge in [0.05, 0.1) is 5.41 Å². The highest BCUT2D eigenvalue weighted by Gasteiger charge is 2.42. The summed E-state index contributed by atoms with van der Waals surface area (Å²) < 4.78 is 5.58. The van der Waals surface area contributed by atoms with Crippen LogP contribution in [0.25, 0.3) is 0 Å². The number of carbonyl (C=O) groups is 1. The zero-order valence-corrected chi connectivity index (χ0v) is 16.0. The monoisotopic (exact) mass is 364 g/mol. The van der Waals surface area contributed by atoms with E-state index in [9.17, 15) is 4.79 Å². The lowest BCUT2D eigenvalue weighted by atomic mass is 9.71. The minimum atomic E-state index is -0.488. The maximum absolute atomic E-state index is 13.4. The number of nitrogens with one attached hydrogen (secondary N) is 2. The number of fused-ring (bicyclic) bond motifs is 1. The van der Waals surface area contributed by atoms with Gasteiger partial charge in [-0.15, -0.1) is 0 Å². The highest BCUT2D eigenvalue weighted by atomic mass is 16.5. The maximum atomic E-state index is 13.4. The minimum absolute atomic E-state index is 0.130. The van der Waals surface area contributed by atoms with E-state index in [-0.39, 0.29) is 11.9 Å². The van der Waals surface area contributed by atoms with E-state index >= 15 is 0 Å². The van der Waals surface area contributed by atoms with E-state index in [1.807, 2.05) is 12.1 Å². The van der Waals surface area contributed by atoms with Crippen LogP contribution in [0.15, 0.2) is 48.5 Å². The van der Waals surface area contributed by atoms with Crippen molar-refractivity contribution in [1.82, 2.24) is 10.6 Å². The third-order valence-electron chi connectivity index (χ3n) is 6.12. The highest BCUT2D eigenvalue weighted by molar-refractivity contribution is 5.88. The predicted molar refractivity (Wildman–Crippen MR) is 107 cm³/mol. The minimum Gasteiger partial charge on any atom is -0.381 e. The van der Waals surface area contributed by atoms with E-state index in [0.717, 1.165) is 31.4 Å². The summed E-state index contributed by atoms with van der Waals surface area (Å²) in [5.74, 6) is 0.130. The first-order chi connectivity index (χ1) is 13.2. The molecule has 0 aromatic heterocycles. The molecule has 4 rings (SSSR count). The summed E-state index contributed by atoms with van der Waals surface area (Å²) in [6.45, 7) is 4.93. The second kappa shape index (κ2) is 7.83. The smallest absolute Gasteiger partial charge is 0.230 e. The van der Waals surface area contributed by atoms with Crippen LogP contribution in [-0.4, -0.2) is 32.2 Å². The fourth-order valence-electron chi connectivity index (χ4n) is 4.59. The summed E-state index contributed by atoms with van der Waals surface area (Å²) in [6, 6.07) is 17.0. The Labute approximate surface area is 161 Å². The molecule has 2 aliphatic heterocycles. The molecule has 1 fully saturated rings. The zero-order valence-electron chi connectivity index (χ0n) is 16.0. The van der Waals surface area contributed by atoms with Crippen LogP contribution in [0.5, 0.6) is 0 Å². The number of benzene rings is 2. The average Bonchev–Trinajstić information content (AvgIpc) is 2.72. The molecule has 0 radical (unpaired) electrons. The van der Waals surface area contributed by atoms with Crippen molar-refractivity contribution in [2.45, 2.75) is 37.6 Å². The van der Waals surface area contributed by atoms with Gasteiger partial charge in [-0.2, -0.15) is 0 Å². The van der Waals surface area contributed by atoms with Gasteiger partial charge < -0.3 is 15.4 Å². The summed E-state index contributed by atoms with van der Waals surface area (Å²) in [6.07, 6.45) is 2.52. The lowest BCUT2D eigenvalue weighted by molar-refractivity contribution is -0.130. The Balaban J connectivity index is 1.55. The van der Waals surface area contributed by atoms with Gasteiger partial charge in [0.1, 0.15) is 0 Å². The third kappa shape index (κ3) is 3.52. The first-order valence-corrected chi connectivity index (χ1v) is 9.94. The molecule has 2 aromatic carbocycles. The molecule has 1 amide bonds. The third-order valence-corrected chi connectivity index (χ3v) is 6.12. The molecule has 142 valence electrons. The number of amides is 1. The summed E-state index contributed by atoms with van der Waals surface area (Å²) in [5.41, 5.74) is 4.52. The van der Waals surface area contributed by atoms with E-state index in [1.54, 1.807) is 0 Å². The fourth-order valence-corrected chi connectivity index (χ4v) is 4.59. The van der Waals surface area contributed by atoms with Crippen molar-refractivity contribution in [2.75, 3.05) is 26.3 Å². The molecule has 2 N–H and O–H groups in total. The van der Waals surface area contributed by atoms with Crippen molar-refractivity contribution in [3.05, 3.63) is 70.8 Å². The molecule has 0 bridgehead atoms. The van der Waals surface area contributed by atoms with E-state index in [2.05, 4.69) is 54.0 Å². The molecular formula is C23H28N2O2.